The molecule has 1 N–H and O–H groups in total. The van der Waals surface area contributed by atoms with Gasteiger partial charge in [0.1, 0.15) is 0 Å². The van der Waals surface area contributed by atoms with Gasteiger partial charge in [0.05, 0.1) is 16.4 Å². The van der Waals surface area contributed by atoms with E-state index < -0.39 is 0 Å². The van der Waals surface area contributed by atoms with E-state index in [9.17, 15) is 4.79 Å². The van der Waals surface area contributed by atoms with Crippen molar-refractivity contribution < 1.29 is 0 Å². The van der Waals surface area contributed by atoms with Gasteiger partial charge in [-0.1, -0.05) is 6.07 Å². The highest BCUT2D eigenvalue weighted by Crippen LogP contribution is 2.36. The van der Waals surface area contributed by atoms with Crippen molar-refractivity contribution in [1.29, 1.82) is 0 Å². The molecule has 1 atom stereocenters. The zero-order chi connectivity index (χ0) is 11.1. The fourth-order valence-electron chi connectivity index (χ4n) is 2.30. The van der Waals surface area contributed by atoms with Crippen molar-refractivity contribution in [2.24, 2.45) is 0 Å². The molecule has 3 rings (SSSR count). The molecule has 2 heterocycles. The SMILES string of the molecule is Cc1ccc2c(c1)[nH]c(=O)n2C1CCCS1. The number of aromatic amines is 1. The monoisotopic (exact) mass is 234 g/mol. The molecule has 3 nitrogen and oxygen atoms in total. The molecule has 1 saturated heterocycles. The molecule has 2 aromatic rings. The Morgan fingerprint density at radius 1 is 1.50 bits per heavy atom. The van der Waals surface area contributed by atoms with E-state index in [2.05, 4.69) is 11.1 Å². The lowest BCUT2D eigenvalue weighted by atomic mass is 10.2. The molecule has 0 saturated carbocycles. The average Bonchev–Trinajstić information content (AvgIpc) is 2.83. The molecular formula is C12H14N2OS. The number of aryl methyl sites for hydroxylation is 1. The van der Waals surface area contributed by atoms with Crippen molar-refractivity contribution in [3.8, 4) is 0 Å². The molecule has 4 heteroatoms. The Kier molecular flexibility index (Phi) is 2.32. The van der Waals surface area contributed by atoms with Crippen molar-refractivity contribution >= 4 is 22.8 Å². The lowest BCUT2D eigenvalue weighted by molar-refractivity contribution is 0.641. The number of aromatic nitrogens is 2. The van der Waals surface area contributed by atoms with Crippen LogP contribution in [0.2, 0.25) is 0 Å². The summed E-state index contributed by atoms with van der Waals surface area (Å²) in [6.45, 7) is 2.04. The van der Waals surface area contributed by atoms with E-state index in [1.165, 1.54) is 12.0 Å². The highest BCUT2D eigenvalue weighted by Gasteiger charge is 2.21. The fourth-order valence-corrected chi connectivity index (χ4v) is 3.59. The fraction of sp³-hybridized carbons (Fsp3) is 0.417. The molecule has 84 valence electrons. The lowest BCUT2D eigenvalue weighted by Crippen LogP contribution is -2.18. The van der Waals surface area contributed by atoms with E-state index in [0.29, 0.717) is 5.37 Å². The Hall–Kier alpha value is -1.16. The van der Waals surface area contributed by atoms with Gasteiger partial charge >= 0.3 is 5.69 Å². The third-order valence-electron chi connectivity index (χ3n) is 3.07. The largest absolute Gasteiger partial charge is 0.327 e. The minimum atomic E-state index is 0.0278. The van der Waals surface area contributed by atoms with E-state index in [0.717, 1.165) is 23.2 Å². The van der Waals surface area contributed by atoms with Gasteiger partial charge in [0.25, 0.3) is 0 Å². The molecule has 16 heavy (non-hydrogen) atoms. The van der Waals surface area contributed by atoms with E-state index in [1.807, 2.05) is 35.4 Å². The second kappa shape index (κ2) is 3.70. The van der Waals surface area contributed by atoms with Crippen LogP contribution in [0, 0.1) is 6.92 Å². The van der Waals surface area contributed by atoms with E-state index >= 15 is 0 Å². The Labute approximate surface area is 97.9 Å². The van der Waals surface area contributed by atoms with Crippen molar-refractivity contribution in [3.63, 3.8) is 0 Å². The van der Waals surface area contributed by atoms with Gasteiger partial charge in [-0.05, 0) is 43.2 Å². The van der Waals surface area contributed by atoms with Crippen molar-refractivity contribution in [3.05, 3.63) is 34.2 Å². The molecule has 0 spiro atoms. The summed E-state index contributed by atoms with van der Waals surface area (Å²) in [6, 6.07) is 6.14. The molecule has 1 aliphatic heterocycles. The summed E-state index contributed by atoms with van der Waals surface area (Å²) < 4.78 is 1.91. The molecule has 0 radical (unpaired) electrons. The highest BCUT2D eigenvalue weighted by atomic mass is 32.2. The number of benzene rings is 1. The van der Waals surface area contributed by atoms with Gasteiger partial charge < -0.3 is 4.98 Å². The molecule has 1 aliphatic rings. The van der Waals surface area contributed by atoms with Crippen LogP contribution in [0.1, 0.15) is 23.8 Å². The van der Waals surface area contributed by atoms with Gasteiger partial charge in [0.15, 0.2) is 0 Å². The number of fused-ring (bicyclic) bond motifs is 1. The van der Waals surface area contributed by atoms with E-state index in [1.54, 1.807) is 0 Å². The zero-order valence-corrected chi connectivity index (χ0v) is 10.0. The van der Waals surface area contributed by atoms with Gasteiger partial charge in [-0.25, -0.2) is 4.79 Å². The van der Waals surface area contributed by atoms with Gasteiger partial charge in [0, 0.05) is 0 Å². The number of nitrogens with one attached hydrogen (secondary N) is 1. The quantitative estimate of drug-likeness (QED) is 0.823. The Balaban J connectivity index is 2.23. The molecular weight excluding hydrogens is 220 g/mol. The van der Waals surface area contributed by atoms with Gasteiger partial charge in [0.2, 0.25) is 0 Å². The van der Waals surface area contributed by atoms with Gasteiger partial charge in [-0.15, -0.1) is 11.8 Å². The minimum Gasteiger partial charge on any atom is -0.305 e. The van der Waals surface area contributed by atoms with E-state index in [4.69, 9.17) is 0 Å². The number of hydrogen-bond donors (Lipinski definition) is 1. The van der Waals surface area contributed by atoms with Gasteiger partial charge in [-0.3, -0.25) is 4.57 Å². The number of rotatable bonds is 1. The summed E-state index contributed by atoms with van der Waals surface area (Å²) in [5.41, 5.74) is 3.20. The van der Waals surface area contributed by atoms with Crippen LogP contribution < -0.4 is 5.69 Å². The maximum atomic E-state index is 11.9. The summed E-state index contributed by atoms with van der Waals surface area (Å²) in [5.74, 6) is 1.16. The number of thioether (sulfide) groups is 1. The predicted octanol–water partition coefficient (Wildman–Crippen LogP) is 2.66. The number of imidazole rings is 1. The van der Waals surface area contributed by atoms with Crippen LogP contribution >= 0.6 is 11.8 Å². The maximum Gasteiger partial charge on any atom is 0.327 e. The maximum absolute atomic E-state index is 11.9. The summed E-state index contributed by atoms with van der Waals surface area (Å²) >= 11 is 1.88. The number of nitrogens with zero attached hydrogens (tertiary/aromatic N) is 1. The van der Waals surface area contributed by atoms with Crippen LogP contribution in [0.3, 0.4) is 0 Å². The Bertz CT molecular complexity index is 578. The standard InChI is InChI=1S/C12H14N2OS/c1-8-4-5-10-9(7-8)13-12(15)14(10)11-3-2-6-16-11/h4-5,7,11H,2-3,6H2,1H3,(H,13,15). The first-order chi connectivity index (χ1) is 7.75. The minimum absolute atomic E-state index is 0.0278. The first-order valence-electron chi connectivity index (χ1n) is 5.58. The van der Waals surface area contributed by atoms with Crippen molar-refractivity contribution in [2.45, 2.75) is 25.1 Å². The van der Waals surface area contributed by atoms with Crippen molar-refractivity contribution in [1.82, 2.24) is 9.55 Å². The van der Waals surface area contributed by atoms with Crippen LogP contribution in [-0.2, 0) is 0 Å². The summed E-state index contributed by atoms with van der Waals surface area (Å²) in [6.07, 6.45) is 2.31. The third-order valence-corrected chi connectivity index (χ3v) is 4.42. The summed E-state index contributed by atoms with van der Waals surface area (Å²) in [7, 11) is 0. The number of hydrogen-bond acceptors (Lipinski definition) is 2. The lowest BCUT2D eigenvalue weighted by Gasteiger charge is -2.10. The van der Waals surface area contributed by atoms with Crippen molar-refractivity contribution in [2.75, 3.05) is 5.75 Å². The zero-order valence-electron chi connectivity index (χ0n) is 9.19. The van der Waals surface area contributed by atoms with Gasteiger partial charge in [-0.2, -0.15) is 0 Å². The second-order valence-corrected chi connectivity index (χ2v) is 5.57. The van der Waals surface area contributed by atoms with Crippen LogP contribution in [0.5, 0.6) is 0 Å². The third kappa shape index (κ3) is 1.48. The number of H-pyrrole nitrogens is 1. The molecule has 0 aliphatic carbocycles. The molecule has 1 aromatic carbocycles. The smallest absolute Gasteiger partial charge is 0.305 e. The summed E-state index contributed by atoms with van der Waals surface area (Å²) in [5, 5.41) is 0.323. The molecule has 1 aromatic heterocycles. The first kappa shape index (κ1) is 10.0. The predicted molar refractivity (Wildman–Crippen MR) is 68.0 cm³/mol. The normalized spacial score (nSPS) is 20.7. The Morgan fingerprint density at radius 2 is 2.38 bits per heavy atom. The summed E-state index contributed by atoms with van der Waals surface area (Å²) in [4.78, 5) is 14.9. The second-order valence-electron chi connectivity index (χ2n) is 4.29. The van der Waals surface area contributed by atoms with Crippen LogP contribution in [0.15, 0.2) is 23.0 Å². The highest BCUT2D eigenvalue weighted by molar-refractivity contribution is 7.99. The van der Waals surface area contributed by atoms with Crippen LogP contribution in [0.25, 0.3) is 11.0 Å². The first-order valence-corrected chi connectivity index (χ1v) is 6.63. The van der Waals surface area contributed by atoms with Crippen LogP contribution in [0.4, 0.5) is 0 Å². The topological polar surface area (TPSA) is 37.8 Å². The molecule has 0 amide bonds. The Morgan fingerprint density at radius 3 is 3.12 bits per heavy atom. The van der Waals surface area contributed by atoms with Crippen LogP contribution in [-0.4, -0.2) is 15.3 Å². The molecule has 0 bridgehead atoms. The van der Waals surface area contributed by atoms with E-state index in [-0.39, 0.29) is 5.69 Å². The molecule has 1 fully saturated rings. The average molecular weight is 234 g/mol. The molecule has 1 unspecified atom stereocenters.